The van der Waals surface area contributed by atoms with Crippen molar-refractivity contribution >= 4 is 51.8 Å². The molecular weight excluding hydrogens is 426 g/mol. The summed E-state index contributed by atoms with van der Waals surface area (Å²) in [5, 5.41) is 28.3. The Morgan fingerprint density at radius 2 is 2.17 bits per heavy atom. The number of methoxy groups -OCH3 is 1. The van der Waals surface area contributed by atoms with Gasteiger partial charge in [0, 0.05) is 18.2 Å². The molecule has 0 spiro atoms. The number of carbonyl (C=O) groups excluding carboxylic acids is 1. The van der Waals surface area contributed by atoms with Gasteiger partial charge in [0.25, 0.3) is 5.91 Å². The van der Waals surface area contributed by atoms with Crippen LogP contribution in [0.1, 0.15) is 5.69 Å². The lowest BCUT2D eigenvalue weighted by molar-refractivity contribution is -0.141. The first-order valence-electron chi connectivity index (χ1n) is 7.97. The molecule has 1 aliphatic rings. The van der Waals surface area contributed by atoms with Crippen LogP contribution in [0.4, 0.5) is 5.13 Å². The van der Waals surface area contributed by atoms with Gasteiger partial charge in [0.05, 0.1) is 6.61 Å². The third-order valence-electron chi connectivity index (χ3n) is 3.63. The Labute approximate surface area is 173 Å². The van der Waals surface area contributed by atoms with Crippen molar-refractivity contribution < 1.29 is 34.2 Å². The SMILES string of the molecule is COCC1=C(C(=O)O)N[C@@H]([C@H](NC(=O)/C(=N\OC)c2csc(N)n2)C(=O)O)SC1. The summed E-state index contributed by atoms with van der Waals surface area (Å²) in [6.45, 7) is 0.0777. The molecule has 12 nitrogen and oxygen atoms in total. The molecular formula is C15H19N5O7S2. The van der Waals surface area contributed by atoms with E-state index >= 15 is 0 Å². The molecule has 0 fully saturated rings. The van der Waals surface area contributed by atoms with Gasteiger partial charge < -0.3 is 36.2 Å². The molecule has 29 heavy (non-hydrogen) atoms. The van der Waals surface area contributed by atoms with Gasteiger partial charge in [-0.25, -0.2) is 14.6 Å². The van der Waals surface area contributed by atoms with Crippen LogP contribution in [-0.2, 0) is 24.0 Å². The molecule has 6 N–H and O–H groups in total. The lowest BCUT2D eigenvalue weighted by Gasteiger charge is -2.31. The van der Waals surface area contributed by atoms with E-state index in [-0.39, 0.29) is 34.6 Å². The van der Waals surface area contributed by atoms with E-state index in [2.05, 4.69) is 25.6 Å². The van der Waals surface area contributed by atoms with E-state index in [9.17, 15) is 24.6 Å². The number of amides is 1. The minimum absolute atomic E-state index is 0.0777. The molecule has 0 unspecified atom stereocenters. The van der Waals surface area contributed by atoms with Crippen LogP contribution in [0.5, 0.6) is 0 Å². The summed E-state index contributed by atoms with van der Waals surface area (Å²) < 4.78 is 4.97. The van der Waals surface area contributed by atoms with Crippen LogP contribution in [0.25, 0.3) is 0 Å². The van der Waals surface area contributed by atoms with Crippen molar-refractivity contribution in [2.45, 2.75) is 11.4 Å². The smallest absolute Gasteiger partial charge is 0.352 e. The highest BCUT2D eigenvalue weighted by molar-refractivity contribution is 8.00. The van der Waals surface area contributed by atoms with Crippen LogP contribution < -0.4 is 16.4 Å². The molecule has 0 aromatic carbocycles. The maximum atomic E-state index is 12.6. The lowest BCUT2D eigenvalue weighted by Crippen LogP contribution is -2.56. The number of carbonyl (C=O) groups is 3. The van der Waals surface area contributed by atoms with E-state index in [1.807, 2.05) is 0 Å². The topological polar surface area (TPSA) is 185 Å². The number of aromatic nitrogens is 1. The van der Waals surface area contributed by atoms with Crippen LogP contribution >= 0.6 is 23.1 Å². The van der Waals surface area contributed by atoms with Gasteiger partial charge in [0.2, 0.25) is 0 Å². The molecule has 2 rings (SSSR count). The zero-order valence-corrected chi connectivity index (χ0v) is 17.0. The fraction of sp³-hybridized carbons (Fsp3) is 0.400. The zero-order chi connectivity index (χ0) is 21.6. The molecule has 2 heterocycles. The van der Waals surface area contributed by atoms with Gasteiger partial charge in [-0.3, -0.25) is 4.79 Å². The van der Waals surface area contributed by atoms with E-state index in [1.165, 1.54) is 19.6 Å². The maximum Gasteiger partial charge on any atom is 0.352 e. The second kappa shape index (κ2) is 10.1. The third kappa shape index (κ3) is 5.58. The van der Waals surface area contributed by atoms with E-state index in [0.29, 0.717) is 5.57 Å². The first kappa shape index (κ1) is 22.4. The summed E-state index contributed by atoms with van der Waals surface area (Å²) >= 11 is 2.20. The van der Waals surface area contributed by atoms with Crippen LogP contribution in [0.15, 0.2) is 21.8 Å². The molecule has 14 heteroatoms. The Morgan fingerprint density at radius 1 is 1.45 bits per heavy atom. The van der Waals surface area contributed by atoms with Crippen molar-refractivity contribution in [1.82, 2.24) is 15.6 Å². The highest BCUT2D eigenvalue weighted by atomic mass is 32.2. The van der Waals surface area contributed by atoms with E-state index in [4.69, 9.17) is 10.5 Å². The minimum Gasteiger partial charge on any atom is -0.480 e. The minimum atomic E-state index is -1.47. The van der Waals surface area contributed by atoms with Gasteiger partial charge in [-0.2, -0.15) is 0 Å². The first-order valence-corrected chi connectivity index (χ1v) is 9.89. The maximum absolute atomic E-state index is 12.6. The number of oxime groups is 1. The normalized spacial score (nSPS) is 18.0. The number of nitrogen functional groups attached to an aromatic ring is 1. The number of hydrogen-bond donors (Lipinski definition) is 5. The van der Waals surface area contributed by atoms with Crippen LogP contribution in [-0.4, -0.2) is 76.7 Å². The van der Waals surface area contributed by atoms with Crippen LogP contribution in [0.3, 0.4) is 0 Å². The number of rotatable bonds is 9. The molecule has 0 saturated carbocycles. The zero-order valence-electron chi connectivity index (χ0n) is 15.4. The average Bonchev–Trinajstić information content (AvgIpc) is 3.10. The predicted octanol–water partition coefficient (Wildman–Crippen LogP) is -0.707. The number of anilines is 1. The predicted molar refractivity (Wildman–Crippen MR) is 106 cm³/mol. The second-order valence-electron chi connectivity index (χ2n) is 5.58. The summed E-state index contributed by atoms with van der Waals surface area (Å²) in [6.07, 6.45) is 0. The van der Waals surface area contributed by atoms with Crippen LogP contribution in [0.2, 0.25) is 0 Å². The summed E-state index contributed by atoms with van der Waals surface area (Å²) in [7, 11) is 2.64. The molecule has 2 atom stereocenters. The monoisotopic (exact) mass is 445 g/mol. The highest BCUT2D eigenvalue weighted by Gasteiger charge is 2.36. The van der Waals surface area contributed by atoms with Gasteiger partial charge in [-0.05, 0) is 5.57 Å². The molecule has 0 saturated heterocycles. The number of thiazole rings is 1. The quantitative estimate of drug-likeness (QED) is 0.239. The Kier molecular flexibility index (Phi) is 7.81. The molecule has 1 amide bonds. The average molecular weight is 445 g/mol. The van der Waals surface area contributed by atoms with Gasteiger partial charge in [-0.1, -0.05) is 5.16 Å². The van der Waals surface area contributed by atoms with Gasteiger partial charge in [0.1, 0.15) is 23.9 Å². The Hall–Kier alpha value is -2.84. The number of ether oxygens (including phenoxy) is 1. The molecule has 158 valence electrons. The molecule has 0 radical (unpaired) electrons. The number of carboxylic acid groups (broad SMARTS) is 2. The number of nitrogens with two attached hydrogens (primary N) is 1. The number of hydrogen-bond acceptors (Lipinski definition) is 11. The molecule has 1 aromatic heterocycles. The standard InChI is InChI=1S/C15H19N5O7S2/c1-26-3-6-4-28-12(19-8(6)13(22)23)10(14(24)25)18-11(21)9(20-27-2)7-5-29-15(16)17-7/h5,10,12,19H,3-4H2,1-2H3,(H2,16,17)(H,18,21)(H,22,23)(H,24,25)/b20-9-/t10-,12+/m0/s1. The number of nitrogens with zero attached hydrogens (tertiary/aromatic N) is 2. The Morgan fingerprint density at radius 3 is 2.69 bits per heavy atom. The molecule has 0 aliphatic carbocycles. The van der Waals surface area contributed by atoms with Gasteiger partial charge in [0.15, 0.2) is 16.9 Å². The number of nitrogens with one attached hydrogen (secondary N) is 2. The van der Waals surface area contributed by atoms with E-state index in [0.717, 1.165) is 23.1 Å². The van der Waals surface area contributed by atoms with Gasteiger partial charge in [-0.15, -0.1) is 23.1 Å². The summed E-state index contributed by atoms with van der Waals surface area (Å²) in [5.41, 5.74) is 5.73. The fourth-order valence-electron chi connectivity index (χ4n) is 2.40. The number of carboxylic acids is 2. The Balaban J connectivity index is 2.24. The highest BCUT2D eigenvalue weighted by Crippen LogP contribution is 2.25. The summed E-state index contributed by atoms with van der Waals surface area (Å²) in [5.74, 6) is -3.26. The molecule has 0 bridgehead atoms. The lowest BCUT2D eigenvalue weighted by atomic mass is 10.2. The van der Waals surface area contributed by atoms with Crippen molar-refractivity contribution in [3.05, 3.63) is 22.3 Å². The van der Waals surface area contributed by atoms with Crippen LogP contribution in [0, 0.1) is 0 Å². The van der Waals surface area contributed by atoms with Crippen molar-refractivity contribution in [3.8, 4) is 0 Å². The fourth-order valence-corrected chi connectivity index (χ4v) is 4.13. The van der Waals surface area contributed by atoms with E-state index in [1.54, 1.807) is 0 Å². The van der Waals surface area contributed by atoms with Gasteiger partial charge >= 0.3 is 11.9 Å². The largest absolute Gasteiger partial charge is 0.480 e. The van der Waals surface area contributed by atoms with E-state index < -0.39 is 29.3 Å². The number of aliphatic carboxylic acids is 2. The van der Waals surface area contributed by atoms with Crippen molar-refractivity contribution in [2.24, 2.45) is 5.16 Å². The van der Waals surface area contributed by atoms with Crippen molar-refractivity contribution in [2.75, 3.05) is 32.3 Å². The summed E-state index contributed by atoms with van der Waals surface area (Å²) in [6, 6.07) is -1.47. The first-order chi connectivity index (χ1) is 13.8. The number of thioether (sulfide) groups is 1. The van der Waals surface area contributed by atoms with Crippen molar-refractivity contribution in [1.29, 1.82) is 0 Å². The second-order valence-corrected chi connectivity index (χ2v) is 7.60. The van der Waals surface area contributed by atoms with Crippen molar-refractivity contribution in [3.63, 3.8) is 0 Å². The molecule has 1 aromatic rings. The third-order valence-corrected chi connectivity index (χ3v) is 5.57. The Bertz CT molecular complexity index is 854. The molecule has 1 aliphatic heterocycles. The summed E-state index contributed by atoms with van der Waals surface area (Å²) in [4.78, 5) is 44.5.